The SMILES string of the molecule is COc1ccc(-c2sccc2-c2ccc(S(N)(=O)=O)cc2)cc1. The maximum Gasteiger partial charge on any atom is 0.238 e. The number of thiophene rings is 1. The first-order valence-corrected chi connectivity index (χ1v) is 9.27. The van der Waals surface area contributed by atoms with E-state index in [1.165, 1.54) is 12.1 Å². The highest BCUT2D eigenvalue weighted by Gasteiger charge is 2.11. The number of rotatable bonds is 4. The molecule has 118 valence electrons. The van der Waals surface area contributed by atoms with E-state index >= 15 is 0 Å². The zero-order valence-corrected chi connectivity index (χ0v) is 14.0. The first-order valence-electron chi connectivity index (χ1n) is 6.84. The van der Waals surface area contributed by atoms with Crippen LogP contribution in [-0.4, -0.2) is 15.5 Å². The van der Waals surface area contributed by atoms with Crippen LogP contribution >= 0.6 is 11.3 Å². The Morgan fingerprint density at radius 1 is 0.913 bits per heavy atom. The number of benzene rings is 2. The third-order valence-corrected chi connectivity index (χ3v) is 5.40. The standard InChI is InChI=1S/C17H15NO3S2/c1-21-14-6-2-13(3-7-14)17-16(10-11-22-17)12-4-8-15(9-5-12)23(18,19)20/h2-11H,1H3,(H2,18,19,20). The molecule has 1 aromatic heterocycles. The van der Waals surface area contributed by atoms with Crippen LogP contribution in [-0.2, 0) is 10.0 Å². The Balaban J connectivity index is 2.00. The molecular formula is C17H15NO3S2. The fourth-order valence-corrected chi connectivity index (χ4v) is 3.77. The average Bonchev–Trinajstić information content (AvgIpc) is 3.04. The maximum absolute atomic E-state index is 11.3. The zero-order valence-electron chi connectivity index (χ0n) is 12.4. The van der Waals surface area contributed by atoms with Crippen molar-refractivity contribution >= 4 is 21.4 Å². The van der Waals surface area contributed by atoms with Gasteiger partial charge in [0, 0.05) is 10.4 Å². The van der Waals surface area contributed by atoms with Crippen LogP contribution in [0.2, 0.25) is 0 Å². The lowest BCUT2D eigenvalue weighted by atomic mass is 10.0. The van der Waals surface area contributed by atoms with E-state index in [9.17, 15) is 8.42 Å². The molecule has 0 saturated heterocycles. The predicted molar refractivity (Wildman–Crippen MR) is 93.1 cm³/mol. The first-order chi connectivity index (χ1) is 11.0. The average molecular weight is 345 g/mol. The van der Waals surface area contributed by atoms with E-state index in [4.69, 9.17) is 9.88 Å². The molecule has 0 atom stereocenters. The number of hydrogen-bond acceptors (Lipinski definition) is 4. The van der Waals surface area contributed by atoms with Gasteiger partial charge in [0.2, 0.25) is 10.0 Å². The summed E-state index contributed by atoms with van der Waals surface area (Å²) >= 11 is 1.64. The van der Waals surface area contributed by atoms with Gasteiger partial charge in [-0.2, -0.15) is 0 Å². The molecule has 23 heavy (non-hydrogen) atoms. The third-order valence-electron chi connectivity index (χ3n) is 3.51. The third kappa shape index (κ3) is 3.29. The Kier molecular flexibility index (Phi) is 4.21. The second-order valence-electron chi connectivity index (χ2n) is 4.96. The summed E-state index contributed by atoms with van der Waals surface area (Å²) < 4.78 is 27.9. The van der Waals surface area contributed by atoms with E-state index in [2.05, 4.69) is 0 Å². The van der Waals surface area contributed by atoms with Crippen molar-refractivity contribution in [2.75, 3.05) is 7.11 Å². The monoisotopic (exact) mass is 345 g/mol. The van der Waals surface area contributed by atoms with Crippen molar-refractivity contribution in [3.8, 4) is 27.3 Å². The van der Waals surface area contributed by atoms with Crippen LogP contribution < -0.4 is 9.88 Å². The minimum Gasteiger partial charge on any atom is -0.497 e. The van der Waals surface area contributed by atoms with Gasteiger partial charge in [-0.05, 0) is 59.0 Å². The molecular weight excluding hydrogens is 330 g/mol. The van der Waals surface area contributed by atoms with E-state index in [1.54, 1.807) is 30.6 Å². The number of hydrogen-bond donors (Lipinski definition) is 1. The summed E-state index contributed by atoms with van der Waals surface area (Å²) in [5.74, 6) is 0.810. The van der Waals surface area contributed by atoms with Gasteiger partial charge in [0.25, 0.3) is 0 Å². The Morgan fingerprint density at radius 2 is 1.52 bits per heavy atom. The lowest BCUT2D eigenvalue weighted by molar-refractivity contribution is 0.415. The van der Waals surface area contributed by atoms with Gasteiger partial charge >= 0.3 is 0 Å². The Hall–Kier alpha value is -2.15. The Bertz CT molecular complexity index is 911. The molecule has 0 radical (unpaired) electrons. The molecule has 0 saturated carbocycles. The number of nitrogens with two attached hydrogens (primary N) is 1. The Labute approximate surface area is 139 Å². The fourth-order valence-electron chi connectivity index (χ4n) is 2.33. The number of sulfonamides is 1. The number of primary sulfonamides is 1. The number of ether oxygens (including phenoxy) is 1. The summed E-state index contributed by atoms with van der Waals surface area (Å²) in [6.45, 7) is 0. The minimum absolute atomic E-state index is 0.113. The molecule has 3 rings (SSSR count). The van der Waals surface area contributed by atoms with Crippen molar-refractivity contribution in [3.63, 3.8) is 0 Å². The van der Waals surface area contributed by atoms with Crippen molar-refractivity contribution in [3.05, 3.63) is 60.0 Å². The molecule has 1 heterocycles. The van der Waals surface area contributed by atoms with Crippen LogP contribution in [0.5, 0.6) is 5.75 Å². The van der Waals surface area contributed by atoms with Crippen LogP contribution in [0, 0.1) is 0 Å². The highest BCUT2D eigenvalue weighted by atomic mass is 32.2. The second-order valence-corrected chi connectivity index (χ2v) is 7.44. The Morgan fingerprint density at radius 3 is 2.09 bits per heavy atom. The quantitative estimate of drug-likeness (QED) is 0.783. The van der Waals surface area contributed by atoms with Gasteiger partial charge in [0.1, 0.15) is 5.75 Å². The van der Waals surface area contributed by atoms with Gasteiger partial charge in [-0.25, -0.2) is 13.6 Å². The van der Waals surface area contributed by atoms with Gasteiger partial charge < -0.3 is 4.74 Å². The van der Waals surface area contributed by atoms with Crippen molar-refractivity contribution in [1.29, 1.82) is 0 Å². The van der Waals surface area contributed by atoms with Crippen LogP contribution in [0.3, 0.4) is 0 Å². The van der Waals surface area contributed by atoms with Crippen LogP contribution in [0.25, 0.3) is 21.6 Å². The molecule has 0 bridgehead atoms. The summed E-state index contributed by atoms with van der Waals surface area (Å²) in [6, 6.07) is 16.5. The van der Waals surface area contributed by atoms with E-state index < -0.39 is 10.0 Å². The van der Waals surface area contributed by atoms with Crippen molar-refractivity contribution in [2.45, 2.75) is 4.90 Å². The number of methoxy groups -OCH3 is 1. The lowest BCUT2D eigenvalue weighted by Crippen LogP contribution is -2.11. The zero-order chi connectivity index (χ0) is 16.4. The summed E-state index contributed by atoms with van der Waals surface area (Å²) in [7, 11) is -2.03. The molecule has 0 fully saturated rings. The first kappa shape index (κ1) is 15.7. The fraction of sp³-hybridized carbons (Fsp3) is 0.0588. The van der Waals surface area contributed by atoms with E-state index in [0.717, 1.165) is 27.3 Å². The summed E-state index contributed by atoms with van der Waals surface area (Å²) in [6.07, 6.45) is 0. The van der Waals surface area contributed by atoms with E-state index in [0.29, 0.717) is 0 Å². The maximum atomic E-state index is 11.3. The molecule has 0 amide bonds. The van der Waals surface area contributed by atoms with Gasteiger partial charge in [-0.3, -0.25) is 0 Å². The predicted octanol–water partition coefficient (Wildman–Crippen LogP) is 3.74. The van der Waals surface area contributed by atoms with E-state index in [1.807, 2.05) is 35.7 Å². The summed E-state index contributed by atoms with van der Waals surface area (Å²) in [5.41, 5.74) is 3.09. The minimum atomic E-state index is -3.67. The molecule has 3 aromatic rings. The van der Waals surface area contributed by atoms with Gasteiger partial charge in [0.05, 0.1) is 12.0 Å². The molecule has 0 spiro atoms. The van der Waals surface area contributed by atoms with Crippen LogP contribution in [0.1, 0.15) is 0 Å². The van der Waals surface area contributed by atoms with Crippen molar-refractivity contribution < 1.29 is 13.2 Å². The van der Waals surface area contributed by atoms with Crippen molar-refractivity contribution in [2.24, 2.45) is 5.14 Å². The van der Waals surface area contributed by atoms with Gasteiger partial charge in [-0.1, -0.05) is 12.1 Å². The van der Waals surface area contributed by atoms with Crippen LogP contribution in [0.15, 0.2) is 64.9 Å². The molecule has 2 N–H and O–H groups in total. The van der Waals surface area contributed by atoms with E-state index in [-0.39, 0.29) is 4.90 Å². The molecule has 0 aliphatic carbocycles. The highest BCUT2D eigenvalue weighted by molar-refractivity contribution is 7.89. The second kappa shape index (κ2) is 6.16. The molecule has 6 heteroatoms. The summed E-state index contributed by atoms with van der Waals surface area (Å²) in [4.78, 5) is 1.23. The largest absolute Gasteiger partial charge is 0.497 e. The molecule has 0 aliphatic heterocycles. The van der Waals surface area contributed by atoms with Crippen LogP contribution in [0.4, 0.5) is 0 Å². The summed E-state index contributed by atoms with van der Waals surface area (Å²) in [5, 5.41) is 7.15. The van der Waals surface area contributed by atoms with Gasteiger partial charge in [-0.15, -0.1) is 11.3 Å². The topological polar surface area (TPSA) is 69.4 Å². The normalized spacial score (nSPS) is 11.4. The van der Waals surface area contributed by atoms with Crippen molar-refractivity contribution in [1.82, 2.24) is 0 Å². The lowest BCUT2D eigenvalue weighted by Gasteiger charge is -2.07. The molecule has 0 unspecified atom stereocenters. The highest BCUT2D eigenvalue weighted by Crippen LogP contribution is 2.37. The molecule has 4 nitrogen and oxygen atoms in total. The smallest absolute Gasteiger partial charge is 0.238 e. The molecule has 0 aliphatic rings. The molecule has 2 aromatic carbocycles. The van der Waals surface area contributed by atoms with Gasteiger partial charge in [0.15, 0.2) is 0 Å².